The van der Waals surface area contributed by atoms with Gasteiger partial charge in [-0.15, -0.1) is 0 Å². The predicted octanol–water partition coefficient (Wildman–Crippen LogP) is 0.173. The van der Waals surface area contributed by atoms with Gasteiger partial charge in [-0.3, -0.25) is 0 Å². The average molecular weight is 177 g/mol. The van der Waals surface area contributed by atoms with Crippen LogP contribution in [0.3, 0.4) is 0 Å². The Bertz CT molecular complexity index is 204. The Morgan fingerprint density at radius 2 is 2.18 bits per heavy atom. The molecule has 1 saturated heterocycles. The van der Waals surface area contributed by atoms with Crippen LogP contribution < -0.4 is 5.32 Å². The molecule has 0 spiro atoms. The lowest BCUT2D eigenvalue weighted by molar-refractivity contribution is 0.424. The van der Waals surface area contributed by atoms with Gasteiger partial charge in [0.25, 0.3) is 0 Å². The van der Waals surface area contributed by atoms with E-state index in [2.05, 4.69) is 5.32 Å². The van der Waals surface area contributed by atoms with E-state index in [9.17, 15) is 8.42 Å². The van der Waals surface area contributed by atoms with Gasteiger partial charge in [-0.1, -0.05) is 6.42 Å². The Morgan fingerprint density at radius 1 is 1.45 bits per heavy atom. The molecule has 0 amide bonds. The summed E-state index contributed by atoms with van der Waals surface area (Å²) in [4.78, 5) is 0. The monoisotopic (exact) mass is 177 g/mol. The van der Waals surface area contributed by atoms with Crippen LogP contribution in [0.15, 0.2) is 0 Å². The maximum absolute atomic E-state index is 10.9. The second-order valence-corrected chi connectivity index (χ2v) is 5.42. The Labute approximate surface area is 68.1 Å². The lowest BCUT2D eigenvalue weighted by atomic mass is 10.1. The molecular weight excluding hydrogens is 162 g/mol. The minimum Gasteiger partial charge on any atom is -0.313 e. The van der Waals surface area contributed by atoms with Crippen LogP contribution in [0.25, 0.3) is 0 Å². The molecule has 1 aliphatic rings. The van der Waals surface area contributed by atoms with Crippen molar-refractivity contribution in [3.63, 3.8) is 0 Å². The van der Waals surface area contributed by atoms with Crippen molar-refractivity contribution in [2.75, 3.05) is 18.6 Å². The summed E-state index contributed by atoms with van der Waals surface area (Å²) in [5.74, 6) is 0.299. The van der Waals surface area contributed by atoms with E-state index in [1.165, 1.54) is 12.7 Å². The maximum Gasteiger partial charge on any atom is 0.148 e. The Kier molecular flexibility index (Phi) is 2.90. The Hall–Kier alpha value is -0.0900. The normalized spacial score (nSPS) is 26.8. The van der Waals surface area contributed by atoms with Gasteiger partial charge in [-0.05, 0) is 19.4 Å². The minimum atomic E-state index is -2.79. The summed E-state index contributed by atoms with van der Waals surface area (Å²) in [7, 11) is -2.79. The maximum atomic E-state index is 10.9. The van der Waals surface area contributed by atoms with E-state index >= 15 is 0 Å². The SMILES string of the molecule is CS(=O)(=O)C[C@@H]1CCCCN1. The molecule has 0 aromatic carbocycles. The molecule has 1 atom stereocenters. The number of nitrogens with one attached hydrogen (secondary N) is 1. The molecule has 0 aromatic rings. The van der Waals surface area contributed by atoms with Crippen LogP contribution in [-0.4, -0.2) is 33.0 Å². The number of piperidine rings is 1. The van der Waals surface area contributed by atoms with Gasteiger partial charge < -0.3 is 5.32 Å². The van der Waals surface area contributed by atoms with E-state index in [-0.39, 0.29) is 6.04 Å². The smallest absolute Gasteiger partial charge is 0.148 e. The predicted molar refractivity (Wildman–Crippen MR) is 45.4 cm³/mol. The lowest BCUT2D eigenvalue weighted by Crippen LogP contribution is -2.38. The van der Waals surface area contributed by atoms with Crippen molar-refractivity contribution in [1.82, 2.24) is 5.32 Å². The Balaban J connectivity index is 2.36. The third kappa shape index (κ3) is 3.72. The molecule has 1 N–H and O–H groups in total. The van der Waals surface area contributed by atoms with Crippen LogP contribution in [0.2, 0.25) is 0 Å². The van der Waals surface area contributed by atoms with E-state index in [4.69, 9.17) is 0 Å². The van der Waals surface area contributed by atoms with E-state index in [1.54, 1.807) is 0 Å². The molecule has 1 rings (SSSR count). The van der Waals surface area contributed by atoms with E-state index in [0.717, 1.165) is 19.4 Å². The van der Waals surface area contributed by atoms with E-state index in [0.29, 0.717) is 5.75 Å². The van der Waals surface area contributed by atoms with Crippen LogP contribution in [0.4, 0.5) is 0 Å². The summed E-state index contributed by atoms with van der Waals surface area (Å²) in [6.07, 6.45) is 4.64. The molecule has 0 unspecified atom stereocenters. The van der Waals surface area contributed by atoms with Crippen LogP contribution in [0.5, 0.6) is 0 Å². The van der Waals surface area contributed by atoms with Crippen LogP contribution >= 0.6 is 0 Å². The summed E-state index contributed by atoms with van der Waals surface area (Å²) < 4.78 is 21.7. The molecule has 0 radical (unpaired) electrons. The molecule has 0 aromatic heterocycles. The van der Waals surface area contributed by atoms with Crippen molar-refractivity contribution in [3.05, 3.63) is 0 Å². The molecule has 1 aliphatic heterocycles. The highest BCUT2D eigenvalue weighted by molar-refractivity contribution is 7.90. The summed E-state index contributed by atoms with van der Waals surface area (Å²) in [6.45, 7) is 0.972. The first-order chi connectivity index (χ1) is 5.08. The van der Waals surface area contributed by atoms with Crippen LogP contribution in [-0.2, 0) is 9.84 Å². The van der Waals surface area contributed by atoms with Gasteiger partial charge in [0.1, 0.15) is 9.84 Å². The topological polar surface area (TPSA) is 46.2 Å². The minimum absolute atomic E-state index is 0.207. The lowest BCUT2D eigenvalue weighted by Gasteiger charge is -2.22. The van der Waals surface area contributed by atoms with Crippen molar-refractivity contribution in [2.24, 2.45) is 0 Å². The molecular formula is C7H15NO2S. The highest BCUT2D eigenvalue weighted by atomic mass is 32.2. The van der Waals surface area contributed by atoms with Gasteiger partial charge in [0.05, 0.1) is 5.75 Å². The third-order valence-corrected chi connectivity index (χ3v) is 2.92. The largest absolute Gasteiger partial charge is 0.313 e. The van der Waals surface area contributed by atoms with E-state index in [1.807, 2.05) is 0 Å². The van der Waals surface area contributed by atoms with Crippen LogP contribution in [0.1, 0.15) is 19.3 Å². The van der Waals surface area contributed by atoms with Gasteiger partial charge in [0.15, 0.2) is 0 Å². The molecule has 0 bridgehead atoms. The molecule has 0 aliphatic carbocycles. The first-order valence-corrected chi connectivity index (χ1v) is 6.05. The molecule has 0 saturated carbocycles. The van der Waals surface area contributed by atoms with Crippen molar-refractivity contribution >= 4 is 9.84 Å². The highest BCUT2D eigenvalue weighted by Gasteiger charge is 2.16. The molecule has 4 heteroatoms. The van der Waals surface area contributed by atoms with Crippen molar-refractivity contribution in [2.45, 2.75) is 25.3 Å². The molecule has 66 valence electrons. The fourth-order valence-electron chi connectivity index (χ4n) is 1.43. The zero-order valence-corrected chi connectivity index (χ0v) is 7.65. The molecule has 11 heavy (non-hydrogen) atoms. The fourth-order valence-corrected chi connectivity index (χ4v) is 2.45. The van der Waals surface area contributed by atoms with E-state index < -0.39 is 9.84 Å². The average Bonchev–Trinajstić information content (AvgIpc) is 1.85. The van der Waals surface area contributed by atoms with Gasteiger partial charge in [0.2, 0.25) is 0 Å². The first-order valence-electron chi connectivity index (χ1n) is 3.99. The van der Waals surface area contributed by atoms with Crippen molar-refractivity contribution < 1.29 is 8.42 Å². The van der Waals surface area contributed by atoms with Crippen LogP contribution in [0, 0.1) is 0 Å². The summed E-state index contributed by atoms with van der Waals surface area (Å²) >= 11 is 0. The zero-order valence-electron chi connectivity index (χ0n) is 6.84. The summed E-state index contributed by atoms with van der Waals surface area (Å²) in [5.41, 5.74) is 0. The number of sulfone groups is 1. The second kappa shape index (κ2) is 3.54. The van der Waals surface area contributed by atoms with Crippen molar-refractivity contribution in [1.29, 1.82) is 0 Å². The number of rotatable bonds is 2. The second-order valence-electron chi connectivity index (χ2n) is 3.24. The Morgan fingerprint density at radius 3 is 2.64 bits per heavy atom. The number of hydrogen-bond acceptors (Lipinski definition) is 3. The molecule has 1 heterocycles. The standard InChI is InChI=1S/C7H15NO2S/c1-11(9,10)6-7-4-2-3-5-8-7/h7-8H,2-6H2,1H3/t7-/m0/s1. The summed E-state index contributed by atoms with van der Waals surface area (Å²) in [5, 5.41) is 3.20. The first kappa shape index (κ1) is 9.00. The third-order valence-electron chi connectivity index (χ3n) is 1.92. The fraction of sp³-hybridized carbons (Fsp3) is 1.00. The highest BCUT2D eigenvalue weighted by Crippen LogP contribution is 2.08. The zero-order chi connectivity index (χ0) is 8.32. The van der Waals surface area contributed by atoms with Crippen molar-refractivity contribution in [3.8, 4) is 0 Å². The summed E-state index contributed by atoms with van der Waals surface area (Å²) in [6, 6.07) is 0.207. The number of hydrogen-bond donors (Lipinski definition) is 1. The quantitative estimate of drug-likeness (QED) is 0.654. The van der Waals surface area contributed by atoms with Gasteiger partial charge in [-0.25, -0.2) is 8.42 Å². The molecule has 3 nitrogen and oxygen atoms in total. The van der Waals surface area contributed by atoms with Gasteiger partial charge in [-0.2, -0.15) is 0 Å². The molecule has 1 fully saturated rings. The van der Waals surface area contributed by atoms with Gasteiger partial charge >= 0.3 is 0 Å². The van der Waals surface area contributed by atoms with Gasteiger partial charge in [0, 0.05) is 12.3 Å².